The van der Waals surface area contributed by atoms with Gasteiger partial charge in [-0.15, -0.1) is 0 Å². The van der Waals surface area contributed by atoms with Crippen LogP contribution in [0.4, 0.5) is 0 Å². The quantitative estimate of drug-likeness (QED) is 0.405. The molecule has 0 aromatic rings. The van der Waals surface area contributed by atoms with E-state index in [1.807, 2.05) is 0 Å². The molecule has 2 bridgehead atoms. The van der Waals surface area contributed by atoms with Gasteiger partial charge in [0.2, 0.25) is 0 Å². The zero-order valence-corrected chi connectivity index (χ0v) is 8.25. The topological polar surface area (TPSA) is 276 Å². The Morgan fingerprint density at radius 1 is 0.500 bits per heavy atom. The monoisotopic (exact) mass is 290 g/mol. The molecule has 2 aliphatic rings. The fraction of sp³-hybridized carbons (Fsp3) is 0. The summed E-state index contributed by atoms with van der Waals surface area (Å²) < 4.78 is 22.6. The van der Waals surface area contributed by atoms with Crippen LogP contribution in [-0.2, 0) is 22.9 Å². The van der Waals surface area contributed by atoms with Crippen molar-refractivity contribution in [2.75, 3.05) is 0 Å². The molecule has 14 N–H and O–H groups in total. The zero-order chi connectivity index (χ0) is 7.84. The first-order valence-corrected chi connectivity index (χ1v) is 2.87. The summed E-state index contributed by atoms with van der Waals surface area (Å²) in [6, 6.07) is 0. The minimum absolute atomic E-state index is 0. The van der Waals surface area contributed by atoms with Gasteiger partial charge in [-0.05, 0) is 0 Å². The van der Waals surface area contributed by atoms with E-state index in [0.717, 1.165) is 0 Å². The van der Waals surface area contributed by atoms with Crippen molar-refractivity contribution >= 4 is 58.8 Å². The van der Waals surface area contributed by atoms with E-state index in [2.05, 4.69) is 22.9 Å². The third-order valence-corrected chi connectivity index (χ3v) is 1.13. The van der Waals surface area contributed by atoms with Crippen LogP contribution in [-0.4, -0.2) is 102 Å². The van der Waals surface area contributed by atoms with Crippen LogP contribution in [0.5, 0.6) is 0 Å². The van der Waals surface area contributed by atoms with Gasteiger partial charge >= 0.3 is 58.8 Å². The van der Waals surface area contributed by atoms with Crippen molar-refractivity contribution in [3.63, 3.8) is 0 Å². The molecule has 0 spiro atoms. The first-order valence-electron chi connectivity index (χ1n) is 2.87. The Hall–Kier alpha value is 0.740. The van der Waals surface area contributed by atoms with Gasteiger partial charge in [0.15, 0.2) is 0 Å². The van der Waals surface area contributed by atoms with Crippen LogP contribution in [0.3, 0.4) is 0 Å². The van der Waals surface area contributed by atoms with Crippen LogP contribution in [0.2, 0.25) is 0 Å². The van der Waals surface area contributed by atoms with Gasteiger partial charge < -0.3 is 65.8 Å². The van der Waals surface area contributed by atoms with E-state index in [-0.39, 0.29) is 62.4 Å². The van der Waals surface area contributed by atoms with E-state index in [1.165, 1.54) is 0 Å². The SMILES string of the molecule is O.O.O.O.O.O.OB1OB2OB(O)OB(O1)O2.[NaH]. The van der Waals surface area contributed by atoms with Crippen molar-refractivity contribution in [1.29, 1.82) is 0 Å². The average molecular weight is 289 g/mol. The Balaban J connectivity index is -0.0000000514. The van der Waals surface area contributed by atoms with E-state index in [4.69, 9.17) is 10.0 Å². The molecular formula is H15B4NaO13. The normalized spacial score (nSPS) is 15.0. The Morgan fingerprint density at radius 3 is 0.944 bits per heavy atom. The Kier molecular flexibility index (Phi) is 31.9. The van der Waals surface area contributed by atoms with Gasteiger partial charge in [-0.3, -0.25) is 0 Å². The van der Waals surface area contributed by atoms with Gasteiger partial charge in [-0.2, -0.15) is 0 Å². The summed E-state index contributed by atoms with van der Waals surface area (Å²) in [5.74, 6) is 0. The van der Waals surface area contributed by atoms with E-state index in [0.29, 0.717) is 0 Å². The molecule has 2 aliphatic heterocycles. The number of hydrogen-bond acceptors (Lipinski definition) is 7. The van der Waals surface area contributed by atoms with E-state index in [1.54, 1.807) is 0 Å². The van der Waals surface area contributed by atoms with Crippen molar-refractivity contribution < 1.29 is 65.8 Å². The Morgan fingerprint density at radius 2 is 0.722 bits per heavy atom. The molecule has 0 aromatic heterocycles. The van der Waals surface area contributed by atoms with Crippen LogP contribution in [0.15, 0.2) is 0 Å². The molecule has 2 heterocycles. The summed E-state index contributed by atoms with van der Waals surface area (Å²) in [7, 11) is -5.20. The van der Waals surface area contributed by atoms with Gasteiger partial charge in [-0.25, -0.2) is 0 Å². The van der Waals surface area contributed by atoms with Crippen molar-refractivity contribution in [3.8, 4) is 0 Å². The van der Waals surface area contributed by atoms with E-state index < -0.39 is 29.3 Å². The Bertz CT molecular complexity index is 124. The van der Waals surface area contributed by atoms with Crippen LogP contribution in [0.25, 0.3) is 0 Å². The average Bonchev–Trinajstić information content (AvgIpc) is 1.82. The standard InChI is InChI=1S/B4H2O7.Na.6H2O.H/c5-1-7-3-9-2(6)10-4(8-1)11-3;;;;;;;;/h5-6H;;6*1H2;. The summed E-state index contributed by atoms with van der Waals surface area (Å²) >= 11 is 0. The van der Waals surface area contributed by atoms with Crippen molar-refractivity contribution in [2.24, 2.45) is 0 Å². The second-order valence-corrected chi connectivity index (χ2v) is 1.87. The predicted octanol–water partition coefficient (Wildman–Crippen LogP) is -8.58. The van der Waals surface area contributed by atoms with Crippen LogP contribution in [0.1, 0.15) is 0 Å². The third kappa shape index (κ3) is 9.64. The molecule has 106 valence electrons. The molecular weight excluding hydrogens is 274 g/mol. The number of fused-ring (bicyclic) bond motifs is 2. The minimum atomic E-state index is -1.45. The molecule has 13 nitrogen and oxygen atoms in total. The maximum absolute atomic E-state index is 8.74. The molecule has 18 heteroatoms. The molecule has 0 aromatic carbocycles. The Labute approximate surface area is 125 Å². The molecule has 0 radical (unpaired) electrons. The summed E-state index contributed by atoms with van der Waals surface area (Å²) in [5.41, 5.74) is 0. The molecule has 0 saturated carbocycles. The van der Waals surface area contributed by atoms with Crippen molar-refractivity contribution in [1.82, 2.24) is 0 Å². The molecule has 0 aliphatic carbocycles. The van der Waals surface area contributed by atoms with Crippen molar-refractivity contribution in [2.45, 2.75) is 0 Å². The molecule has 0 amide bonds. The summed E-state index contributed by atoms with van der Waals surface area (Å²) in [5, 5.41) is 17.5. The van der Waals surface area contributed by atoms with Gasteiger partial charge in [0.1, 0.15) is 0 Å². The van der Waals surface area contributed by atoms with Gasteiger partial charge in [-0.1, -0.05) is 0 Å². The maximum atomic E-state index is 8.74. The van der Waals surface area contributed by atoms with Gasteiger partial charge in [0.05, 0.1) is 0 Å². The van der Waals surface area contributed by atoms with E-state index in [9.17, 15) is 0 Å². The third-order valence-electron chi connectivity index (χ3n) is 1.13. The molecule has 18 heavy (non-hydrogen) atoms. The molecule has 2 fully saturated rings. The predicted molar refractivity (Wildman–Crippen MR) is 61.7 cm³/mol. The fourth-order valence-electron chi connectivity index (χ4n) is 0.728. The van der Waals surface area contributed by atoms with Crippen molar-refractivity contribution in [3.05, 3.63) is 0 Å². The first kappa shape index (κ1) is 36.3. The summed E-state index contributed by atoms with van der Waals surface area (Å²) in [6.07, 6.45) is 0. The molecule has 0 unspecified atom stereocenters. The van der Waals surface area contributed by atoms with Crippen LogP contribution < -0.4 is 0 Å². The van der Waals surface area contributed by atoms with E-state index >= 15 is 0 Å². The van der Waals surface area contributed by atoms with Gasteiger partial charge in [0.25, 0.3) is 0 Å². The summed E-state index contributed by atoms with van der Waals surface area (Å²) in [6.45, 7) is 0. The van der Waals surface area contributed by atoms with Crippen LogP contribution >= 0.6 is 0 Å². The summed E-state index contributed by atoms with van der Waals surface area (Å²) in [4.78, 5) is 0. The number of rotatable bonds is 0. The van der Waals surface area contributed by atoms with Crippen LogP contribution in [0, 0.1) is 0 Å². The fourth-order valence-corrected chi connectivity index (χ4v) is 0.728. The molecule has 2 saturated heterocycles. The first-order chi connectivity index (χ1) is 5.24. The van der Waals surface area contributed by atoms with Gasteiger partial charge in [0, 0.05) is 0 Å². The molecule has 0 atom stereocenters. The number of hydrogen-bond donors (Lipinski definition) is 2. The zero-order valence-electron chi connectivity index (χ0n) is 8.25. The second-order valence-electron chi connectivity index (χ2n) is 1.87. The molecule has 2 rings (SSSR count). The second kappa shape index (κ2) is 15.8.